The Morgan fingerprint density at radius 2 is 2.06 bits per heavy atom. The van der Waals surface area contributed by atoms with Gasteiger partial charge in [-0.1, -0.05) is 38.0 Å². The summed E-state index contributed by atoms with van der Waals surface area (Å²) in [6.45, 7) is 1.67. The minimum atomic E-state index is -3.09. The fourth-order valence-electron chi connectivity index (χ4n) is 4.66. The van der Waals surface area contributed by atoms with Gasteiger partial charge in [0.05, 0.1) is 18.5 Å². The fourth-order valence-corrected chi connectivity index (χ4v) is 4.66. The van der Waals surface area contributed by atoms with E-state index in [1.807, 2.05) is 18.2 Å². The molecule has 33 heavy (non-hydrogen) atoms. The topological polar surface area (TPSA) is 96.2 Å². The highest BCUT2D eigenvalue weighted by molar-refractivity contribution is 5.66. The van der Waals surface area contributed by atoms with Crippen molar-refractivity contribution in [2.75, 3.05) is 0 Å². The number of hydrogen-bond acceptors (Lipinski definition) is 5. The standard InChI is InChI=1S/C25H38F2O6/c1-2-15-25(26,27)22(29)12-9-11-19-18(10-5-3-4-6-13-23(30)31)20(28)17-21(19)33-24-14-7-8-16-32-24/h3,5,7-8,14,16,18-22,24,28-29H,2,4,6,9-13,15,17H2,1H3,(H,30,31)/b5-3-/t18-,19+,20+,21-,22-,24-/m1/s1. The summed E-state index contributed by atoms with van der Waals surface area (Å²) >= 11 is 0. The number of aliphatic carboxylic acids is 1. The first kappa shape index (κ1) is 27.5. The Balaban J connectivity index is 1.96. The van der Waals surface area contributed by atoms with Gasteiger partial charge in [-0.15, -0.1) is 0 Å². The van der Waals surface area contributed by atoms with Gasteiger partial charge in [0.1, 0.15) is 6.10 Å². The number of allylic oxidation sites excluding steroid dienone is 4. The molecule has 3 N–H and O–H groups in total. The lowest BCUT2D eigenvalue weighted by atomic mass is 9.85. The number of hydrogen-bond donors (Lipinski definition) is 3. The first-order valence-corrected chi connectivity index (χ1v) is 12.0. The predicted molar refractivity (Wildman–Crippen MR) is 121 cm³/mol. The third kappa shape index (κ3) is 9.18. The number of halogens is 2. The van der Waals surface area contributed by atoms with Crippen molar-refractivity contribution in [3.63, 3.8) is 0 Å². The van der Waals surface area contributed by atoms with Crippen LogP contribution in [0.25, 0.3) is 0 Å². The number of carboxylic acids is 1. The summed E-state index contributed by atoms with van der Waals surface area (Å²) < 4.78 is 39.5. The van der Waals surface area contributed by atoms with Crippen LogP contribution in [0.15, 0.2) is 36.6 Å². The van der Waals surface area contributed by atoms with Crippen molar-refractivity contribution >= 4 is 5.97 Å². The molecule has 0 amide bonds. The van der Waals surface area contributed by atoms with Crippen LogP contribution in [0.3, 0.4) is 0 Å². The van der Waals surface area contributed by atoms with E-state index < -0.39 is 30.4 Å². The molecule has 0 aromatic carbocycles. The third-order valence-electron chi connectivity index (χ3n) is 6.40. The van der Waals surface area contributed by atoms with E-state index in [1.54, 1.807) is 19.1 Å². The van der Waals surface area contributed by atoms with E-state index in [4.69, 9.17) is 14.6 Å². The highest BCUT2D eigenvalue weighted by Gasteiger charge is 2.43. The first-order chi connectivity index (χ1) is 15.7. The largest absolute Gasteiger partial charge is 0.481 e. The molecule has 0 spiro atoms. The second-order valence-electron chi connectivity index (χ2n) is 8.97. The lowest BCUT2D eigenvalue weighted by Crippen LogP contribution is -2.33. The van der Waals surface area contributed by atoms with E-state index >= 15 is 0 Å². The van der Waals surface area contributed by atoms with Gasteiger partial charge in [-0.25, -0.2) is 8.78 Å². The molecule has 0 unspecified atom stereocenters. The highest BCUT2D eigenvalue weighted by atomic mass is 19.3. The van der Waals surface area contributed by atoms with E-state index in [1.165, 1.54) is 6.26 Å². The molecule has 6 nitrogen and oxygen atoms in total. The van der Waals surface area contributed by atoms with E-state index in [-0.39, 0.29) is 37.2 Å². The van der Waals surface area contributed by atoms with Crippen LogP contribution in [0, 0.1) is 11.8 Å². The normalized spacial score (nSPS) is 28.3. The van der Waals surface area contributed by atoms with Crippen LogP contribution >= 0.6 is 0 Å². The van der Waals surface area contributed by atoms with Gasteiger partial charge in [0, 0.05) is 19.3 Å². The van der Waals surface area contributed by atoms with Crippen LogP contribution in [-0.2, 0) is 14.3 Å². The molecule has 0 radical (unpaired) electrons. The molecule has 2 rings (SSSR count). The summed E-state index contributed by atoms with van der Waals surface area (Å²) in [6.07, 6.45) is 10.9. The predicted octanol–water partition coefficient (Wildman–Crippen LogP) is 4.96. The molecule has 0 aromatic rings. The van der Waals surface area contributed by atoms with Crippen molar-refractivity contribution in [1.82, 2.24) is 0 Å². The van der Waals surface area contributed by atoms with Gasteiger partial charge in [0.2, 0.25) is 6.29 Å². The zero-order valence-electron chi connectivity index (χ0n) is 19.3. The van der Waals surface area contributed by atoms with Gasteiger partial charge >= 0.3 is 5.97 Å². The molecule has 0 aromatic heterocycles. The van der Waals surface area contributed by atoms with Gasteiger partial charge < -0.3 is 24.8 Å². The van der Waals surface area contributed by atoms with Gasteiger partial charge in [-0.2, -0.15) is 0 Å². The molecule has 1 fully saturated rings. The van der Waals surface area contributed by atoms with Crippen molar-refractivity contribution < 1.29 is 38.4 Å². The number of alkyl halides is 2. The number of aliphatic hydroxyl groups is 2. The van der Waals surface area contributed by atoms with Crippen LogP contribution in [-0.4, -0.2) is 51.8 Å². The second kappa shape index (κ2) is 13.8. The minimum absolute atomic E-state index is 0.00731. The Morgan fingerprint density at radius 3 is 2.73 bits per heavy atom. The number of carboxylic acid groups (broad SMARTS) is 1. The Kier molecular flexibility index (Phi) is 11.5. The maximum atomic E-state index is 14.0. The average Bonchev–Trinajstić information content (AvgIpc) is 3.05. The van der Waals surface area contributed by atoms with Crippen LogP contribution in [0.4, 0.5) is 8.78 Å². The fraction of sp³-hybridized carbons (Fsp3) is 0.720. The molecule has 0 bridgehead atoms. The molecule has 1 saturated carbocycles. The maximum Gasteiger partial charge on any atom is 0.303 e. The van der Waals surface area contributed by atoms with Crippen molar-refractivity contribution in [3.8, 4) is 0 Å². The Bertz CT molecular complexity index is 678. The SMILES string of the molecule is CCCC(F)(F)[C@H](O)CCC[C@H]1[C@@H](C/C=C\CCCC(=O)O)[C@@H](O)C[C@H]1O[C@@H]1C=CC=CO1. The molecule has 8 heteroatoms. The van der Waals surface area contributed by atoms with E-state index in [0.29, 0.717) is 44.9 Å². The van der Waals surface area contributed by atoms with E-state index in [9.17, 15) is 23.8 Å². The maximum absolute atomic E-state index is 14.0. The van der Waals surface area contributed by atoms with Gasteiger partial charge in [-0.3, -0.25) is 4.79 Å². The average molecular weight is 473 g/mol. The second-order valence-corrected chi connectivity index (χ2v) is 8.97. The summed E-state index contributed by atoms with van der Waals surface area (Å²) in [6, 6.07) is 0. The van der Waals surface area contributed by atoms with Gasteiger partial charge in [-0.05, 0) is 56.1 Å². The molecule has 1 heterocycles. The zero-order chi connectivity index (χ0) is 24.3. The minimum Gasteiger partial charge on any atom is -0.481 e. The summed E-state index contributed by atoms with van der Waals surface area (Å²) in [7, 11) is 0. The lowest BCUT2D eigenvalue weighted by Gasteiger charge is -2.28. The molecular weight excluding hydrogens is 434 g/mol. The van der Waals surface area contributed by atoms with Gasteiger partial charge in [0.15, 0.2) is 0 Å². The molecule has 2 aliphatic rings. The Hall–Kier alpha value is -1.77. The third-order valence-corrected chi connectivity index (χ3v) is 6.40. The molecule has 1 aliphatic heterocycles. The zero-order valence-corrected chi connectivity index (χ0v) is 19.3. The molecular formula is C25H38F2O6. The number of aliphatic hydroxyl groups excluding tert-OH is 2. The summed E-state index contributed by atoms with van der Waals surface area (Å²) in [5.74, 6) is -4.10. The quantitative estimate of drug-likeness (QED) is 0.230. The monoisotopic (exact) mass is 472 g/mol. The molecule has 188 valence electrons. The van der Waals surface area contributed by atoms with E-state index in [0.717, 1.165) is 0 Å². The van der Waals surface area contributed by atoms with Crippen molar-refractivity contribution in [2.45, 2.75) is 102 Å². The number of carbonyl (C=O) groups is 1. The van der Waals surface area contributed by atoms with Crippen LogP contribution < -0.4 is 0 Å². The van der Waals surface area contributed by atoms with Gasteiger partial charge in [0.25, 0.3) is 5.92 Å². The van der Waals surface area contributed by atoms with Crippen molar-refractivity contribution in [1.29, 1.82) is 0 Å². The summed E-state index contributed by atoms with van der Waals surface area (Å²) in [4.78, 5) is 10.6. The van der Waals surface area contributed by atoms with Crippen molar-refractivity contribution in [2.24, 2.45) is 11.8 Å². The number of unbranched alkanes of at least 4 members (excludes halogenated alkanes) is 1. The highest BCUT2D eigenvalue weighted by Crippen LogP contribution is 2.41. The molecule has 6 atom stereocenters. The lowest BCUT2D eigenvalue weighted by molar-refractivity contribution is -0.137. The number of rotatable bonds is 15. The Morgan fingerprint density at radius 1 is 1.27 bits per heavy atom. The van der Waals surface area contributed by atoms with Crippen LogP contribution in [0.1, 0.15) is 71.1 Å². The smallest absolute Gasteiger partial charge is 0.303 e. The van der Waals surface area contributed by atoms with E-state index in [2.05, 4.69) is 0 Å². The molecule has 1 aliphatic carbocycles. The van der Waals surface area contributed by atoms with Crippen molar-refractivity contribution in [3.05, 3.63) is 36.6 Å². The first-order valence-electron chi connectivity index (χ1n) is 12.0. The Labute approximate surface area is 195 Å². The van der Waals surface area contributed by atoms with Crippen LogP contribution in [0.5, 0.6) is 0 Å². The number of ether oxygens (including phenoxy) is 2. The summed E-state index contributed by atoms with van der Waals surface area (Å²) in [5.41, 5.74) is 0. The summed E-state index contributed by atoms with van der Waals surface area (Å²) in [5, 5.41) is 29.4. The molecule has 0 saturated heterocycles. The van der Waals surface area contributed by atoms with Crippen LogP contribution in [0.2, 0.25) is 0 Å².